The number of nitrogens with zero attached hydrogens (tertiary/aromatic N) is 2. The molecule has 7 heteroatoms. The number of alkyl halides is 1. The lowest BCUT2D eigenvalue weighted by molar-refractivity contribution is 0.557. The Labute approximate surface area is 122 Å². The highest BCUT2D eigenvalue weighted by atomic mass is 35.5. The van der Waals surface area contributed by atoms with Crippen molar-refractivity contribution in [3.8, 4) is 0 Å². The molecule has 2 rings (SSSR count). The molecule has 0 saturated carbocycles. The molecule has 20 heavy (non-hydrogen) atoms. The van der Waals surface area contributed by atoms with E-state index in [1.807, 2.05) is 11.5 Å². The number of aromatic nitrogens is 2. The van der Waals surface area contributed by atoms with E-state index in [1.165, 1.54) is 18.4 Å². The van der Waals surface area contributed by atoms with Crippen LogP contribution < -0.4 is 0 Å². The Morgan fingerprint density at radius 1 is 1.45 bits per heavy atom. The summed E-state index contributed by atoms with van der Waals surface area (Å²) >= 11 is 5.76. The Balaban J connectivity index is 2.56. The van der Waals surface area contributed by atoms with Crippen molar-refractivity contribution in [1.29, 1.82) is 0 Å². The predicted octanol–water partition coefficient (Wildman–Crippen LogP) is 2.56. The SMILES string of the molecule is CC(CS(C)(=O)=O)n1c(CCCl)nc2cc(F)ccc21. The number of halogens is 2. The lowest BCUT2D eigenvalue weighted by Crippen LogP contribution is -2.18. The van der Waals surface area contributed by atoms with Gasteiger partial charge in [0.2, 0.25) is 0 Å². The van der Waals surface area contributed by atoms with Crippen LogP contribution in [0.5, 0.6) is 0 Å². The Kier molecular flexibility index (Phi) is 4.34. The van der Waals surface area contributed by atoms with Gasteiger partial charge in [-0.25, -0.2) is 17.8 Å². The normalized spacial score (nSPS) is 13.8. The number of sulfone groups is 1. The van der Waals surface area contributed by atoms with Gasteiger partial charge in [-0.3, -0.25) is 0 Å². The van der Waals surface area contributed by atoms with Crippen molar-refractivity contribution >= 4 is 32.5 Å². The second-order valence-electron chi connectivity index (χ2n) is 4.91. The summed E-state index contributed by atoms with van der Waals surface area (Å²) in [6.45, 7) is 1.81. The fourth-order valence-corrected chi connectivity index (χ4v) is 3.58. The zero-order valence-electron chi connectivity index (χ0n) is 11.3. The molecule has 1 heterocycles. The van der Waals surface area contributed by atoms with E-state index in [0.717, 1.165) is 5.52 Å². The van der Waals surface area contributed by atoms with Crippen LogP contribution in [-0.2, 0) is 16.3 Å². The van der Waals surface area contributed by atoms with Crippen LogP contribution in [0.4, 0.5) is 4.39 Å². The number of benzene rings is 1. The molecule has 1 unspecified atom stereocenters. The standard InChI is InChI=1S/C13H16ClFN2O2S/c1-9(8-20(2,18)19)17-12-4-3-10(15)7-11(12)16-13(17)5-6-14/h3-4,7,9H,5-6,8H2,1-2H3. The molecule has 0 aliphatic rings. The average molecular weight is 319 g/mol. The third kappa shape index (κ3) is 3.30. The molecule has 1 aromatic carbocycles. The fraction of sp³-hybridized carbons (Fsp3) is 0.462. The van der Waals surface area contributed by atoms with Gasteiger partial charge in [-0.05, 0) is 19.1 Å². The van der Waals surface area contributed by atoms with Crippen molar-refractivity contribution in [2.24, 2.45) is 0 Å². The zero-order chi connectivity index (χ0) is 14.9. The maximum absolute atomic E-state index is 13.3. The Morgan fingerprint density at radius 2 is 2.15 bits per heavy atom. The maximum Gasteiger partial charge on any atom is 0.149 e. The van der Waals surface area contributed by atoms with Crippen LogP contribution in [0.25, 0.3) is 11.0 Å². The monoisotopic (exact) mass is 318 g/mol. The molecule has 0 spiro atoms. The largest absolute Gasteiger partial charge is 0.324 e. The van der Waals surface area contributed by atoms with Gasteiger partial charge in [0.1, 0.15) is 21.5 Å². The van der Waals surface area contributed by atoms with E-state index in [-0.39, 0.29) is 17.6 Å². The van der Waals surface area contributed by atoms with E-state index < -0.39 is 9.84 Å². The molecule has 0 bridgehead atoms. The van der Waals surface area contributed by atoms with Crippen molar-refractivity contribution in [1.82, 2.24) is 9.55 Å². The van der Waals surface area contributed by atoms with E-state index in [9.17, 15) is 12.8 Å². The van der Waals surface area contributed by atoms with Crippen molar-refractivity contribution in [2.75, 3.05) is 17.9 Å². The summed E-state index contributed by atoms with van der Waals surface area (Å²) in [5, 5.41) is 0. The van der Waals surface area contributed by atoms with Crippen LogP contribution in [0.2, 0.25) is 0 Å². The maximum atomic E-state index is 13.3. The first kappa shape index (κ1) is 15.3. The van der Waals surface area contributed by atoms with Gasteiger partial charge in [0.15, 0.2) is 0 Å². The summed E-state index contributed by atoms with van der Waals surface area (Å²) in [6, 6.07) is 4.03. The summed E-state index contributed by atoms with van der Waals surface area (Å²) in [5.74, 6) is 0.690. The quantitative estimate of drug-likeness (QED) is 0.796. The molecule has 0 N–H and O–H groups in total. The number of hydrogen-bond donors (Lipinski definition) is 0. The molecule has 0 aliphatic heterocycles. The van der Waals surface area contributed by atoms with Crippen LogP contribution in [0.1, 0.15) is 18.8 Å². The van der Waals surface area contributed by atoms with Gasteiger partial charge in [0.05, 0.1) is 16.8 Å². The van der Waals surface area contributed by atoms with Gasteiger partial charge in [-0.2, -0.15) is 0 Å². The van der Waals surface area contributed by atoms with E-state index in [1.54, 1.807) is 6.07 Å². The third-order valence-corrected chi connectivity index (χ3v) is 4.30. The van der Waals surface area contributed by atoms with Gasteiger partial charge in [-0.15, -0.1) is 11.6 Å². The molecule has 0 radical (unpaired) electrons. The highest BCUT2D eigenvalue weighted by Crippen LogP contribution is 2.23. The highest BCUT2D eigenvalue weighted by Gasteiger charge is 2.19. The average Bonchev–Trinajstić information content (AvgIpc) is 2.64. The minimum atomic E-state index is -3.11. The number of rotatable bonds is 5. The Hall–Kier alpha value is -1.14. The second-order valence-corrected chi connectivity index (χ2v) is 7.47. The topological polar surface area (TPSA) is 52.0 Å². The molecular weight excluding hydrogens is 303 g/mol. The first-order valence-electron chi connectivity index (χ1n) is 6.22. The first-order valence-corrected chi connectivity index (χ1v) is 8.81. The highest BCUT2D eigenvalue weighted by molar-refractivity contribution is 7.90. The molecule has 0 amide bonds. The third-order valence-electron chi connectivity index (χ3n) is 3.03. The van der Waals surface area contributed by atoms with E-state index >= 15 is 0 Å². The van der Waals surface area contributed by atoms with Gasteiger partial charge < -0.3 is 4.57 Å². The van der Waals surface area contributed by atoms with Gasteiger partial charge in [-0.1, -0.05) is 0 Å². The summed E-state index contributed by atoms with van der Waals surface area (Å²) in [4.78, 5) is 4.36. The smallest absolute Gasteiger partial charge is 0.149 e. The molecule has 0 fully saturated rings. The van der Waals surface area contributed by atoms with E-state index in [2.05, 4.69) is 4.98 Å². The zero-order valence-corrected chi connectivity index (χ0v) is 12.9. The van der Waals surface area contributed by atoms with Crippen molar-refractivity contribution in [3.05, 3.63) is 29.8 Å². The van der Waals surface area contributed by atoms with Gasteiger partial charge in [0, 0.05) is 30.7 Å². The predicted molar refractivity (Wildman–Crippen MR) is 78.5 cm³/mol. The lowest BCUT2D eigenvalue weighted by atomic mass is 10.3. The number of fused-ring (bicyclic) bond motifs is 1. The lowest BCUT2D eigenvalue weighted by Gasteiger charge is -2.16. The minimum Gasteiger partial charge on any atom is -0.324 e. The minimum absolute atomic E-state index is 0.00508. The second kappa shape index (κ2) is 5.69. The van der Waals surface area contributed by atoms with Crippen LogP contribution >= 0.6 is 11.6 Å². The molecule has 1 aromatic heterocycles. The van der Waals surface area contributed by atoms with Crippen molar-refractivity contribution in [2.45, 2.75) is 19.4 Å². The molecule has 2 aromatic rings. The molecular formula is C13H16ClFN2O2S. The van der Waals surface area contributed by atoms with Crippen LogP contribution in [0.15, 0.2) is 18.2 Å². The fourth-order valence-electron chi connectivity index (χ4n) is 2.39. The van der Waals surface area contributed by atoms with Crippen LogP contribution in [-0.4, -0.2) is 35.9 Å². The summed E-state index contributed by atoms with van der Waals surface area (Å²) in [6.07, 6.45) is 1.70. The number of hydrogen-bond acceptors (Lipinski definition) is 3. The summed E-state index contributed by atoms with van der Waals surface area (Å²) in [7, 11) is -3.11. The van der Waals surface area contributed by atoms with Gasteiger partial charge in [0.25, 0.3) is 0 Å². The summed E-state index contributed by atoms with van der Waals surface area (Å²) < 4.78 is 38.0. The molecule has 1 atom stereocenters. The van der Waals surface area contributed by atoms with E-state index in [4.69, 9.17) is 11.6 Å². The number of aryl methyl sites for hydroxylation is 1. The number of imidazole rings is 1. The molecule has 4 nitrogen and oxygen atoms in total. The Bertz CT molecular complexity index is 727. The van der Waals surface area contributed by atoms with Crippen LogP contribution in [0, 0.1) is 5.82 Å². The molecule has 110 valence electrons. The van der Waals surface area contributed by atoms with Crippen molar-refractivity contribution < 1.29 is 12.8 Å². The molecule has 0 aliphatic carbocycles. The van der Waals surface area contributed by atoms with E-state index in [0.29, 0.717) is 23.6 Å². The Morgan fingerprint density at radius 3 is 2.75 bits per heavy atom. The van der Waals surface area contributed by atoms with Gasteiger partial charge >= 0.3 is 0 Å². The summed E-state index contributed by atoms with van der Waals surface area (Å²) in [5.41, 5.74) is 1.24. The van der Waals surface area contributed by atoms with Crippen molar-refractivity contribution in [3.63, 3.8) is 0 Å². The van der Waals surface area contributed by atoms with Crippen LogP contribution in [0.3, 0.4) is 0 Å². The molecule has 0 saturated heterocycles. The first-order chi connectivity index (χ1) is 9.31.